The largest absolute Gasteiger partial charge is 0.0839 e. The number of hydrogen-bond acceptors (Lipinski definition) is 0. The van der Waals surface area contributed by atoms with Crippen molar-refractivity contribution in [3.05, 3.63) is 39.9 Å². The Kier molecular flexibility index (Phi) is 8.39. The van der Waals surface area contributed by atoms with Crippen LogP contribution in [0.4, 0.5) is 0 Å². The maximum atomic E-state index is 6.50. The van der Waals surface area contributed by atoms with E-state index in [0.29, 0.717) is 0 Å². The molecule has 1 saturated carbocycles. The van der Waals surface area contributed by atoms with Crippen molar-refractivity contribution >= 4 is 17.7 Å². The van der Waals surface area contributed by atoms with Gasteiger partial charge in [-0.2, -0.15) is 0 Å². The maximum Gasteiger partial charge on any atom is 0.0481 e. The van der Waals surface area contributed by atoms with E-state index in [2.05, 4.69) is 45.1 Å². The van der Waals surface area contributed by atoms with E-state index in [1.165, 1.54) is 74.5 Å². The molecule has 1 aliphatic rings. The van der Waals surface area contributed by atoms with Crippen LogP contribution in [0.25, 0.3) is 6.08 Å². The van der Waals surface area contributed by atoms with E-state index >= 15 is 0 Å². The zero-order valence-corrected chi connectivity index (χ0v) is 16.7. The third-order valence-corrected chi connectivity index (χ3v) is 6.02. The van der Waals surface area contributed by atoms with Gasteiger partial charge in [0.25, 0.3) is 0 Å². The summed E-state index contributed by atoms with van der Waals surface area (Å²) in [5, 5.41) is 0.912. The number of halogens is 1. The first-order chi connectivity index (χ1) is 11.6. The average Bonchev–Trinajstić information content (AvgIpc) is 2.58. The summed E-state index contributed by atoms with van der Waals surface area (Å²) < 4.78 is 0. The van der Waals surface area contributed by atoms with Gasteiger partial charge in [0, 0.05) is 5.02 Å². The Morgan fingerprint density at radius 1 is 1.00 bits per heavy atom. The molecule has 134 valence electrons. The molecule has 0 aliphatic heterocycles. The van der Waals surface area contributed by atoms with Gasteiger partial charge < -0.3 is 0 Å². The van der Waals surface area contributed by atoms with E-state index < -0.39 is 0 Å². The summed E-state index contributed by atoms with van der Waals surface area (Å²) in [6, 6.07) is 4.48. The SMILES string of the molecule is CCC/C=C/c1cc(C)c(CCC2CCC(CCC)CC2)cc1Cl. The third-order valence-electron chi connectivity index (χ3n) is 5.69. The molecule has 0 bridgehead atoms. The summed E-state index contributed by atoms with van der Waals surface area (Å²) in [5.74, 6) is 1.94. The highest BCUT2D eigenvalue weighted by atomic mass is 35.5. The number of rotatable bonds is 8. The van der Waals surface area contributed by atoms with Crippen LogP contribution in [-0.2, 0) is 6.42 Å². The lowest BCUT2D eigenvalue weighted by Gasteiger charge is -2.28. The minimum Gasteiger partial charge on any atom is -0.0839 e. The molecule has 1 aliphatic carbocycles. The molecule has 0 saturated heterocycles. The normalized spacial score (nSPS) is 21.5. The smallest absolute Gasteiger partial charge is 0.0481 e. The number of benzene rings is 1. The molecule has 0 amide bonds. The van der Waals surface area contributed by atoms with Gasteiger partial charge in [0.05, 0.1) is 0 Å². The zero-order chi connectivity index (χ0) is 17.4. The molecule has 2 rings (SSSR count). The average molecular weight is 347 g/mol. The van der Waals surface area contributed by atoms with Gasteiger partial charge in [-0.1, -0.05) is 88.6 Å². The van der Waals surface area contributed by atoms with E-state index in [0.717, 1.165) is 23.3 Å². The summed E-state index contributed by atoms with van der Waals surface area (Å²) in [4.78, 5) is 0. The Labute approximate surface area is 154 Å². The summed E-state index contributed by atoms with van der Waals surface area (Å²) in [6.07, 6.45) is 17.8. The molecule has 0 heterocycles. The van der Waals surface area contributed by atoms with Crippen LogP contribution in [0.15, 0.2) is 18.2 Å². The first-order valence-electron chi connectivity index (χ1n) is 10.1. The highest BCUT2D eigenvalue weighted by Gasteiger charge is 2.20. The van der Waals surface area contributed by atoms with Gasteiger partial charge >= 0.3 is 0 Å². The van der Waals surface area contributed by atoms with Crippen molar-refractivity contribution in [1.29, 1.82) is 0 Å². The quantitative estimate of drug-likeness (QED) is 0.447. The topological polar surface area (TPSA) is 0 Å². The van der Waals surface area contributed by atoms with Gasteiger partial charge in [-0.25, -0.2) is 0 Å². The summed E-state index contributed by atoms with van der Waals surface area (Å²) >= 11 is 6.50. The molecule has 1 heteroatoms. The molecular weight excluding hydrogens is 312 g/mol. The molecule has 1 aromatic carbocycles. The molecular formula is C23H35Cl. The summed E-state index contributed by atoms with van der Waals surface area (Å²) in [6.45, 7) is 6.76. The van der Waals surface area contributed by atoms with Crippen molar-refractivity contribution < 1.29 is 0 Å². The first kappa shape index (κ1) is 19.6. The van der Waals surface area contributed by atoms with E-state index in [1.54, 1.807) is 0 Å². The molecule has 24 heavy (non-hydrogen) atoms. The van der Waals surface area contributed by atoms with Crippen molar-refractivity contribution in [3.8, 4) is 0 Å². The highest BCUT2D eigenvalue weighted by molar-refractivity contribution is 6.32. The van der Waals surface area contributed by atoms with E-state index in [-0.39, 0.29) is 0 Å². The molecule has 0 radical (unpaired) electrons. The summed E-state index contributed by atoms with van der Waals surface area (Å²) in [7, 11) is 0. The standard InChI is InChI=1S/C23H35Cl/c1-4-6-7-9-22-16-18(3)21(17-23(22)24)15-14-20-12-10-19(8-5-2)11-13-20/h7,9,16-17,19-20H,4-6,8,10-15H2,1-3H3/b9-7+. The lowest BCUT2D eigenvalue weighted by Crippen LogP contribution is -2.15. The molecule has 0 atom stereocenters. The Morgan fingerprint density at radius 2 is 1.67 bits per heavy atom. The van der Waals surface area contributed by atoms with E-state index in [4.69, 9.17) is 11.6 Å². The Hall–Kier alpha value is -0.750. The van der Waals surface area contributed by atoms with Gasteiger partial charge in [-0.15, -0.1) is 0 Å². The van der Waals surface area contributed by atoms with Gasteiger partial charge in [0.1, 0.15) is 0 Å². The van der Waals surface area contributed by atoms with Crippen LogP contribution in [0.3, 0.4) is 0 Å². The van der Waals surface area contributed by atoms with Crippen LogP contribution in [-0.4, -0.2) is 0 Å². The lowest BCUT2D eigenvalue weighted by molar-refractivity contribution is 0.252. The molecule has 0 unspecified atom stereocenters. The fraction of sp³-hybridized carbons (Fsp3) is 0.652. The number of aryl methyl sites for hydroxylation is 2. The van der Waals surface area contributed by atoms with Crippen LogP contribution in [0.5, 0.6) is 0 Å². The molecule has 1 fully saturated rings. The molecule has 0 N–H and O–H groups in total. The minimum atomic E-state index is 0.912. The maximum absolute atomic E-state index is 6.50. The predicted octanol–water partition coefficient (Wildman–Crippen LogP) is 8.00. The zero-order valence-electron chi connectivity index (χ0n) is 15.9. The number of unbranched alkanes of at least 4 members (excludes halogenated alkanes) is 1. The van der Waals surface area contributed by atoms with Crippen molar-refractivity contribution in [2.75, 3.05) is 0 Å². The van der Waals surface area contributed by atoms with Gasteiger partial charge in [-0.3, -0.25) is 0 Å². The predicted molar refractivity (Wildman–Crippen MR) is 109 cm³/mol. The van der Waals surface area contributed by atoms with Crippen molar-refractivity contribution in [3.63, 3.8) is 0 Å². The monoisotopic (exact) mass is 346 g/mol. The fourth-order valence-electron chi connectivity index (χ4n) is 4.10. The fourth-order valence-corrected chi connectivity index (χ4v) is 4.35. The minimum absolute atomic E-state index is 0.912. The number of hydrogen-bond donors (Lipinski definition) is 0. The van der Waals surface area contributed by atoms with Crippen molar-refractivity contribution in [1.82, 2.24) is 0 Å². The van der Waals surface area contributed by atoms with Crippen LogP contribution in [0, 0.1) is 18.8 Å². The van der Waals surface area contributed by atoms with Gasteiger partial charge in [-0.05, 0) is 60.8 Å². The Balaban J connectivity index is 1.88. The highest BCUT2D eigenvalue weighted by Crippen LogP contribution is 2.34. The summed E-state index contributed by atoms with van der Waals surface area (Å²) in [5.41, 5.74) is 4.02. The molecule has 1 aromatic rings. The number of allylic oxidation sites excluding steroid dienone is 1. The van der Waals surface area contributed by atoms with Crippen LogP contribution >= 0.6 is 11.6 Å². The molecule has 0 aromatic heterocycles. The van der Waals surface area contributed by atoms with Crippen LogP contribution in [0.1, 0.15) is 88.3 Å². The van der Waals surface area contributed by atoms with E-state index in [9.17, 15) is 0 Å². The second-order valence-corrected chi connectivity index (χ2v) is 8.11. The lowest BCUT2D eigenvalue weighted by atomic mass is 9.78. The second-order valence-electron chi connectivity index (χ2n) is 7.71. The van der Waals surface area contributed by atoms with Crippen molar-refractivity contribution in [2.24, 2.45) is 11.8 Å². The van der Waals surface area contributed by atoms with Gasteiger partial charge in [0.2, 0.25) is 0 Å². The molecule has 0 spiro atoms. The van der Waals surface area contributed by atoms with Crippen LogP contribution in [0.2, 0.25) is 5.02 Å². The van der Waals surface area contributed by atoms with E-state index in [1.807, 2.05) is 0 Å². The molecule has 0 nitrogen and oxygen atoms in total. The van der Waals surface area contributed by atoms with Crippen LogP contribution < -0.4 is 0 Å². The Morgan fingerprint density at radius 3 is 2.29 bits per heavy atom. The first-order valence-corrected chi connectivity index (χ1v) is 10.5. The van der Waals surface area contributed by atoms with Crippen molar-refractivity contribution in [2.45, 2.75) is 85.0 Å². The second kappa shape index (κ2) is 10.3. The third kappa shape index (κ3) is 5.96. The Bertz CT molecular complexity index is 521. The van der Waals surface area contributed by atoms with Gasteiger partial charge in [0.15, 0.2) is 0 Å².